The number of pyridine rings is 2. The third-order valence-corrected chi connectivity index (χ3v) is 4.81. The van der Waals surface area contributed by atoms with E-state index in [1.54, 1.807) is 31.3 Å². The Labute approximate surface area is 136 Å². The van der Waals surface area contributed by atoms with E-state index in [1.165, 1.54) is 18.5 Å². The molecule has 0 amide bonds. The summed E-state index contributed by atoms with van der Waals surface area (Å²) < 4.78 is 27.9. The molecule has 2 heterocycles. The molecule has 0 atom stereocenters. The molecule has 21 heavy (non-hydrogen) atoms. The second-order valence-corrected chi connectivity index (χ2v) is 7.26. The summed E-state index contributed by atoms with van der Waals surface area (Å²) in [6, 6.07) is 3.10. The van der Waals surface area contributed by atoms with Gasteiger partial charge >= 0.3 is 0 Å². The van der Waals surface area contributed by atoms with Crippen LogP contribution in [0.15, 0.2) is 40.1 Å². The minimum atomic E-state index is -3.86. The molecule has 1 N–H and O–H groups in total. The van der Waals surface area contributed by atoms with Crippen LogP contribution in [0, 0.1) is 0 Å². The van der Waals surface area contributed by atoms with Crippen molar-refractivity contribution >= 4 is 48.9 Å². The third-order valence-electron chi connectivity index (χ3n) is 2.59. The maximum absolute atomic E-state index is 12.4. The predicted molar refractivity (Wildman–Crippen MR) is 86.3 cm³/mol. The van der Waals surface area contributed by atoms with E-state index in [0.717, 1.165) is 0 Å². The van der Waals surface area contributed by atoms with E-state index < -0.39 is 10.0 Å². The van der Waals surface area contributed by atoms with E-state index in [1.807, 2.05) is 0 Å². The Bertz CT molecular complexity index is 768. The smallest absolute Gasteiger partial charge is 0.265 e. The number of halogens is 2. The van der Waals surface area contributed by atoms with Crippen molar-refractivity contribution in [3.63, 3.8) is 0 Å². The summed E-state index contributed by atoms with van der Waals surface area (Å²) in [4.78, 5) is 9.43. The van der Waals surface area contributed by atoms with Crippen LogP contribution in [0.1, 0.15) is 0 Å². The van der Waals surface area contributed by atoms with Crippen molar-refractivity contribution in [1.29, 1.82) is 0 Å². The zero-order chi connectivity index (χ0) is 15.6. The zero-order valence-corrected chi connectivity index (χ0v) is 14.4. The second kappa shape index (κ2) is 6.17. The lowest BCUT2D eigenvalue weighted by atomic mass is 10.3. The van der Waals surface area contributed by atoms with E-state index in [-0.39, 0.29) is 10.0 Å². The van der Waals surface area contributed by atoms with Crippen LogP contribution in [0.4, 0.5) is 11.4 Å². The minimum absolute atomic E-state index is 0.0963. The second-order valence-electron chi connectivity index (χ2n) is 4.34. The van der Waals surface area contributed by atoms with Gasteiger partial charge in [0.25, 0.3) is 10.0 Å². The van der Waals surface area contributed by atoms with Crippen LogP contribution < -0.4 is 9.62 Å². The number of sulfonamides is 1. The fourth-order valence-electron chi connectivity index (χ4n) is 1.65. The van der Waals surface area contributed by atoms with Crippen LogP contribution in [0.5, 0.6) is 0 Å². The fraction of sp³-hybridized carbons (Fsp3) is 0.167. The number of nitrogens with zero attached hydrogens (tertiary/aromatic N) is 3. The maximum atomic E-state index is 12.4. The van der Waals surface area contributed by atoms with Gasteiger partial charge in [0, 0.05) is 31.0 Å². The van der Waals surface area contributed by atoms with Gasteiger partial charge in [0.15, 0.2) is 0 Å². The molecule has 9 heteroatoms. The Hall–Kier alpha value is -1.38. The molecule has 2 rings (SSSR count). The maximum Gasteiger partial charge on any atom is 0.265 e. The van der Waals surface area contributed by atoms with Crippen molar-refractivity contribution < 1.29 is 8.42 Å². The predicted octanol–water partition coefficient (Wildman–Crippen LogP) is 2.76. The van der Waals surface area contributed by atoms with Crippen molar-refractivity contribution in [3.8, 4) is 0 Å². The molecular weight excluding hydrogens is 380 g/mol. The van der Waals surface area contributed by atoms with Gasteiger partial charge in [-0.2, -0.15) is 0 Å². The van der Waals surface area contributed by atoms with E-state index in [4.69, 9.17) is 11.6 Å². The van der Waals surface area contributed by atoms with E-state index in [0.29, 0.717) is 15.8 Å². The van der Waals surface area contributed by atoms with Gasteiger partial charge in [-0.15, -0.1) is 0 Å². The molecule has 0 unspecified atom stereocenters. The lowest BCUT2D eigenvalue weighted by Gasteiger charge is -2.18. The van der Waals surface area contributed by atoms with Crippen LogP contribution >= 0.6 is 27.5 Å². The highest BCUT2D eigenvalue weighted by atomic mass is 79.9. The van der Waals surface area contributed by atoms with Crippen LogP contribution in [-0.2, 0) is 10.0 Å². The van der Waals surface area contributed by atoms with Gasteiger partial charge < -0.3 is 4.90 Å². The molecule has 0 spiro atoms. The van der Waals surface area contributed by atoms with Crippen molar-refractivity contribution in [1.82, 2.24) is 9.97 Å². The molecule has 0 aliphatic heterocycles. The Kier molecular flexibility index (Phi) is 4.70. The highest BCUT2D eigenvalue weighted by Crippen LogP contribution is 2.28. The van der Waals surface area contributed by atoms with Crippen molar-refractivity contribution in [3.05, 3.63) is 40.3 Å². The zero-order valence-electron chi connectivity index (χ0n) is 11.2. The molecule has 2 aromatic heterocycles. The quantitative estimate of drug-likeness (QED) is 0.811. The lowest BCUT2D eigenvalue weighted by molar-refractivity contribution is 0.601. The topological polar surface area (TPSA) is 75.2 Å². The number of rotatable bonds is 4. The summed E-state index contributed by atoms with van der Waals surface area (Å²) in [5, 5.41) is -0.0963. The molecule has 0 aliphatic carbocycles. The average Bonchev–Trinajstić information content (AvgIpc) is 2.41. The van der Waals surface area contributed by atoms with Gasteiger partial charge in [-0.25, -0.2) is 13.4 Å². The minimum Gasteiger partial charge on any atom is -0.376 e. The number of aromatic nitrogens is 2. The van der Waals surface area contributed by atoms with E-state index >= 15 is 0 Å². The van der Waals surface area contributed by atoms with Crippen LogP contribution in [-0.4, -0.2) is 32.5 Å². The molecular formula is C12H12BrClN4O2S. The SMILES string of the molecule is CN(C)c1ccncc1NS(=O)(=O)c1cc(Br)cnc1Cl. The average molecular weight is 392 g/mol. The highest BCUT2D eigenvalue weighted by molar-refractivity contribution is 9.10. The fourth-order valence-corrected chi connectivity index (χ4v) is 3.65. The Morgan fingerprint density at radius 2 is 2.05 bits per heavy atom. The number of nitrogens with one attached hydrogen (secondary N) is 1. The largest absolute Gasteiger partial charge is 0.376 e. The lowest BCUT2D eigenvalue weighted by Crippen LogP contribution is -2.18. The number of hydrogen-bond acceptors (Lipinski definition) is 5. The van der Waals surface area contributed by atoms with Gasteiger partial charge in [-0.1, -0.05) is 11.6 Å². The van der Waals surface area contributed by atoms with Gasteiger partial charge in [0.1, 0.15) is 10.0 Å². The van der Waals surface area contributed by atoms with Crippen molar-refractivity contribution in [2.75, 3.05) is 23.7 Å². The van der Waals surface area contributed by atoms with Gasteiger partial charge in [-0.3, -0.25) is 9.71 Å². The first-order chi connectivity index (χ1) is 9.81. The van der Waals surface area contributed by atoms with Crippen LogP contribution in [0.25, 0.3) is 0 Å². The Balaban J connectivity index is 2.45. The van der Waals surface area contributed by atoms with E-state index in [2.05, 4.69) is 30.6 Å². The number of anilines is 2. The first-order valence-corrected chi connectivity index (χ1v) is 8.42. The number of hydrogen-bond donors (Lipinski definition) is 1. The first-order valence-electron chi connectivity index (χ1n) is 5.76. The van der Waals surface area contributed by atoms with Gasteiger partial charge in [-0.05, 0) is 28.1 Å². The first kappa shape index (κ1) is 16.0. The summed E-state index contributed by atoms with van der Waals surface area (Å²) in [5.74, 6) is 0. The summed E-state index contributed by atoms with van der Waals surface area (Å²) in [6.07, 6.45) is 4.45. The molecule has 0 saturated carbocycles. The Morgan fingerprint density at radius 3 is 2.71 bits per heavy atom. The molecule has 0 aliphatic rings. The Morgan fingerprint density at radius 1 is 1.33 bits per heavy atom. The monoisotopic (exact) mass is 390 g/mol. The highest BCUT2D eigenvalue weighted by Gasteiger charge is 2.21. The summed E-state index contributed by atoms with van der Waals surface area (Å²) in [6.45, 7) is 0. The van der Waals surface area contributed by atoms with E-state index in [9.17, 15) is 8.42 Å². The third kappa shape index (κ3) is 3.63. The summed E-state index contributed by atoms with van der Waals surface area (Å²) >= 11 is 9.05. The van der Waals surface area contributed by atoms with Crippen molar-refractivity contribution in [2.24, 2.45) is 0 Å². The standard InChI is InChI=1S/C12H12BrClN4O2S/c1-18(2)10-3-4-15-7-9(10)17-21(19,20)11-5-8(13)6-16-12(11)14/h3-7,17H,1-2H3. The van der Waals surface area contributed by atoms with Gasteiger partial charge in [0.05, 0.1) is 17.6 Å². The molecule has 0 bridgehead atoms. The molecule has 0 radical (unpaired) electrons. The van der Waals surface area contributed by atoms with Crippen LogP contribution in [0.2, 0.25) is 5.15 Å². The summed E-state index contributed by atoms with van der Waals surface area (Å²) in [7, 11) is -0.251. The molecule has 6 nitrogen and oxygen atoms in total. The van der Waals surface area contributed by atoms with Gasteiger partial charge in [0.2, 0.25) is 0 Å². The molecule has 0 fully saturated rings. The van der Waals surface area contributed by atoms with Crippen LogP contribution in [0.3, 0.4) is 0 Å². The van der Waals surface area contributed by atoms with Crippen molar-refractivity contribution in [2.45, 2.75) is 4.90 Å². The molecule has 112 valence electrons. The summed E-state index contributed by atoms with van der Waals surface area (Å²) in [5.41, 5.74) is 1.05. The molecule has 2 aromatic rings. The molecule has 0 saturated heterocycles. The molecule has 0 aromatic carbocycles. The normalized spacial score (nSPS) is 11.2.